The van der Waals surface area contributed by atoms with Crippen molar-refractivity contribution in [3.63, 3.8) is 0 Å². The fourth-order valence-electron chi connectivity index (χ4n) is 1.95. The van der Waals surface area contributed by atoms with E-state index in [1.54, 1.807) is 24.4 Å². The quantitative estimate of drug-likeness (QED) is 0.731. The van der Waals surface area contributed by atoms with Gasteiger partial charge in [-0.25, -0.2) is 0 Å². The van der Waals surface area contributed by atoms with E-state index in [4.69, 9.17) is 33.7 Å². The van der Waals surface area contributed by atoms with Crippen molar-refractivity contribution >= 4 is 39.8 Å². The monoisotopic (exact) mass is 304 g/mol. The number of fused-ring (bicyclic) bond motifs is 1. The Bertz CT molecular complexity index is 770. The van der Waals surface area contributed by atoms with Gasteiger partial charge in [-0.15, -0.1) is 0 Å². The minimum Gasteiger partial charge on any atom is -0.454 e. The molecule has 0 spiro atoms. The van der Waals surface area contributed by atoms with Crippen molar-refractivity contribution in [2.24, 2.45) is 0 Å². The second kappa shape index (κ2) is 5.19. The Morgan fingerprint density at radius 3 is 2.45 bits per heavy atom. The molecule has 3 aromatic rings. The van der Waals surface area contributed by atoms with Crippen LogP contribution < -0.4 is 10.5 Å². The Morgan fingerprint density at radius 1 is 1.00 bits per heavy atom. The molecule has 0 aliphatic carbocycles. The number of nitrogens with two attached hydrogens (primary N) is 1. The van der Waals surface area contributed by atoms with E-state index in [1.807, 2.05) is 24.3 Å². The summed E-state index contributed by atoms with van der Waals surface area (Å²) in [6.45, 7) is 0. The van der Waals surface area contributed by atoms with Crippen LogP contribution in [-0.4, -0.2) is 4.98 Å². The number of hydrogen-bond acceptors (Lipinski definition) is 3. The third kappa shape index (κ3) is 2.50. The van der Waals surface area contributed by atoms with E-state index >= 15 is 0 Å². The van der Waals surface area contributed by atoms with Crippen molar-refractivity contribution in [3.05, 3.63) is 58.7 Å². The summed E-state index contributed by atoms with van der Waals surface area (Å²) in [4.78, 5) is 4.26. The number of rotatable bonds is 2. The fraction of sp³-hybridized carbons (Fsp3) is 0. The van der Waals surface area contributed by atoms with E-state index in [-0.39, 0.29) is 0 Å². The molecule has 0 fully saturated rings. The molecule has 0 saturated heterocycles. The van der Waals surface area contributed by atoms with Crippen LogP contribution in [0.5, 0.6) is 11.5 Å². The summed E-state index contributed by atoms with van der Waals surface area (Å²) in [5.41, 5.74) is 7.23. The third-order valence-corrected chi connectivity index (χ3v) is 3.25. The van der Waals surface area contributed by atoms with Gasteiger partial charge in [0.15, 0.2) is 5.75 Å². The Kier molecular flexibility index (Phi) is 3.38. The highest BCUT2D eigenvalue weighted by atomic mass is 35.5. The number of nitrogen functional groups attached to an aromatic ring is 1. The van der Waals surface area contributed by atoms with E-state index in [2.05, 4.69) is 4.98 Å². The Labute approximate surface area is 125 Å². The zero-order valence-electron chi connectivity index (χ0n) is 10.3. The molecule has 0 unspecified atom stereocenters. The summed E-state index contributed by atoms with van der Waals surface area (Å²) in [6, 6.07) is 12.6. The van der Waals surface area contributed by atoms with Crippen LogP contribution in [0.2, 0.25) is 10.0 Å². The van der Waals surface area contributed by atoms with Crippen LogP contribution in [0, 0.1) is 0 Å². The molecule has 1 aromatic heterocycles. The molecule has 5 heteroatoms. The molecule has 0 radical (unpaired) electrons. The fourth-order valence-corrected chi connectivity index (χ4v) is 2.46. The Morgan fingerprint density at radius 2 is 1.70 bits per heavy atom. The van der Waals surface area contributed by atoms with Gasteiger partial charge in [-0.2, -0.15) is 0 Å². The van der Waals surface area contributed by atoms with Crippen LogP contribution in [0.25, 0.3) is 10.9 Å². The molecule has 3 nitrogen and oxygen atoms in total. The minimum absolute atomic E-state index is 0.458. The van der Waals surface area contributed by atoms with Crippen LogP contribution >= 0.6 is 23.2 Å². The first-order valence-electron chi connectivity index (χ1n) is 5.90. The SMILES string of the molecule is Nc1cnc2ccccc2c1Oc1cc(Cl)cc(Cl)c1. The average Bonchev–Trinajstić information content (AvgIpc) is 2.41. The number of hydrogen-bond donors (Lipinski definition) is 1. The zero-order valence-corrected chi connectivity index (χ0v) is 11.8. The van der Waals surface area contributed by atoms with Crippen LogP contribution in [0.1, 0.15) is 0 Å². The molecular weight excluding hydrogens is 295 g/mol. The van der Waals surface area contributed by atoms with Gasteiger partial charge in [0.25, 0.3) is 0 Å². The lowest BCUT2D eigenvalue weighted by atomic mass is 10.2. The van der Waals surface area contributed by atoms with Crippen molar-refractivity contribution in [2.45, 2.75) is 0 Å². The smallest absolute Gasteiger partial charge is 0.161 e. The van der Waals surface area contributed by atoms with Crippen LogP contribution in [0.4, 0.5) is 5.69 Å². The summed E-state index contributed by atoms with van der Waals surface area (Å²) >= 11 is 11.9. The summed E-state index contributed by atoms with van der Waals surface area (Å²) in [6.07, 6.45) is 1.57. The average molecular weight is 305 g/mol. The van der Waals surface area contributed by atoms with Crippen molar-refractivity contribution in [1.82, 2.24) is 4.98 Å². The largest absolute Gasteiger partial charge is 0.454 e. The Balaban J connectivity index is 2.12. The number of pyridine rings is 1. The molecule has 100 valence electrons. The number of aromatic nitrogens is 1. The number of anilines is 1. The lowest BCUT2D eigenvalue weighted by Gasteiger charge is -2.11. The van der Waals surface area contributed by atoms with Gasteiger partial charge in [-0.3, -0.25) is 4.98 Å². The predicted molar refractivity (Wildman–Crippen MR) is 82.7 cm³/mol. The van der Waals surface area contributed by atoms with Crippen LogP contribution in [0.3, 0.4) is 0 Å². The summed E-state index contributed by atoms with van der Waals surface area (Å²) in [7, 11) is 0. The van der Waals surface area contributed by atoms with Gasteiger partial charge in [-0.05, 0) is 30.3 Å². The second-order valence-corrected chi connectivity index (χ2v) is 5.14. The molecule has 1 heterocycles. The van der Waals surface area contributed by atoms with Gasteiger partial charge < -0.3 is 10.5 Å². The molecule has 2 N–H and O–H groups in total. The lowest BCUT2D eigenvalue weighted by Crippen LogP contribution is -1.95. The third-order valence-electron chi connectivity index (χ3n) is 2.81. The van der Waals surface area contributed by atoms with Crippen molar-refractivity contribution < 1.29 is 4.74 Å². The topological polar surface area (TPSA) is 48.1 Å². The second-order valence-electron chi connectivity index (χ2n) is 4.27. The summed E-state index contributed by atoms with van der Waals surface area (Å²) in [5, 5.41) is 1.84. The van der Waals surface area contributed by atoms with Crippen molar-refractivity contribution in [1.29, 1.82) is 0 Å². The van der Waals surface area contributed by atoms with E-state index in [0.717, 1.165) is 10.9 Å². The molecule has 0 atom stereocenters. The number of nitrogens with zero attached hydrogens (tertiary/aromatic N) is 1. The molecule has 0 aliphatic heterocycles. The van der Waals surface area contributed by atoms with E-state index < -0.39 is 0 Å². The molecular formula is C15H10Cl2N2O. The summed E-state index contributed by atoms with van der Waals surface area (Å²) in [5.74, 6) is 1.08. The maximum atomic E-state index is 5.97. The van der Waals surface area contributed by atoms with Gasteiger partial charge in [-0.1, -0.05) is 35.3 Å². The highest BCUT2D eigenvalue weighted by molar-refractivity contribution is 6.34. The summed E-state index contributed by atoms with van der Waals surface area (Å²) < 4.78 is 5.85. The van der Waals surface area contributed by atoms with Crippen molar-refractivity contribution in [2.75, 3.05) is 5.73 Å². The normalized spacial score (nSPS) is 10.7. The van der Waals surface area contributed by atoms with Gasteiger partial charge in [0, 0.05) is 15.4 Å². The maximum Gasteiger partial charge on any atom is 0.161 e. The molecule has 20 heavy (non-hydrogen) atoms. The first-order chi connectivity index (χ1) is 9.63. The first-order valence-corrected chi connectivity index (χ1v) is 6.66. The highest BCUT2D eigenvalue weighted by Crippen LogP contribution is 2.35. The molecule has 0 bridgehead atoms. The van der Waals surface area contributed by atoms with E-state index in [9.17, 15) is 0 Å². The Hall–Kier alpha value is -1.97. The van der Waals surface area contributed by atoms with Crippen LogP contribution in [-0.2, 0) is 0 Å². The number of halogens is 2. The number of para-hydroxylation sites is 1. The van der Waals surface area contributed by atoms with Gasteiger partial charge in [0.05, 0.1) is 17.4 Å². The molecule has 2 aromatic carbocycles. The van der Waals surface area contributed by atoms with Gasteiger partial charge in [0.1, 0.15) is 5.75 Å². The lowest BCUT2D eigenvalue weighted by molar-refractivity contribution is 0.490. The molecule has 0 saturated carbocycles. The molecule has 3 rings (SSSR count). The van der Waals surface area contributed by atoms with E-state index in [0.29, 0.717) is 27.2 Å². The number of ether oxygens (including phenoxy) is 1. The van der Waals surface area contributed by atoms with Crippen molar-refractivity contribution in [3.8, 4) is 11.5 Å². The van der Waals surface area contributed by atoms with Gasteiger partial charge >= 0.3 is 0 Å². The number of benzene rings is 2. The zero-order chi connectivity index (χ0) is 14.1. The van der Waals surface area contributed by atoms with Gasteiger partial charge in [0.2, 0.25) is 0 Å². The molecule has 0 amide bonds. The molecule has 0 aliphatic rings. The highest BCUT2D eigenvalue weighted by Gasteiger charge is 2.09. The predicted octanol–water partition coefficient (Wildman–Crippen LogP) is 4.92. The van der Waals surface area contributed by atoms with E-state index in [1.165, 1.54) is 0 Å². The standard InChI is InChI=1S/C15H10Cl2N2O/c16-9-5-10(17)7-11(6-9)20-15-12-3-1-2-4-14(12)19-8-13(15)18/h1-8H,18H2. The van der Waals surface area contributed by atoms with Crippen LogP contribution in [0.15, 0.2) is 48.7 Å². The first kappa shape index (κ1) is 13.0. The minimum atomic E-state index is 0.458. The maximum absolute atomic E-state index is 5.97.